The molecular formula is C14H15ClFNS. The van der Waals surface area contributed by atoms with Crippen molar-refractivity contribution in [3.05, 3.63) is 50.2 Å². The summed E-state index contributed by atoms with van der Waals surface area (Å²) in [5.74, 6) is 0.0877. The highest BCUT2D eigenvalue weighted by Gasteiger charge is 2.13. The summed E-state index contributed by atoms with van der Waals surface area (Å²) in [6.07, 6.45) is 0.558. The summed E-state index contributed by atoms with van der Waals surface area (Å²) in [6.45, 7) is 6.20. The SMILES string of the molecule is Cc1nc(C(C)C)sc1Cc1cccc(Cl)c1F. The number of aromatic nitrogens is 1. The Morgan fingerprint density at radius 2 is 2.11 bits per heavy atom. The maximum absolute atomic E-state index is 13.8. The van der Waals surface area contributed by atoms with Gasteiger partial charge in [0.1, 0.15) is 5.82 Å². The summed E-state index contributed by atoms with van der Waals surface area (Å²) in [4.78, 5) is 5.63. The fourth-order valence-electron chi connectivity index (χ4n) is 1.72. The van der Waals surface area contributed by atoms with Crippen LogP contribution in [-0.4, -0.2) is 4.98 Å². The lowest BCUT2D eigenvalue weighted by atomic mass is 10.1. The second-order valence-corrected chi connectivity index (χ2v) is 6.13. The van der Waals surface area contributed by atoms with Crippen LogP contribution in [0.2, 0.25) is 5.02 Å². The molecule has 2 rings (SSSR count). The first-order valence-electron chi connectivity index (χ1n) is 5.88. The van der Waals surface area contributed by atoms with E-state index in [1.807, 2.05) is 6.92 Å². The van der Waals surface area contributed by atoms with Crippen molar-refractivity contribution in [2.75, 3.05) is 0 Å². The van der Waals surface area contributed by atoms with Crippen LogP contribution in [0.25, 0.3) is 0 Å². The number of halogens is 2. The first-order chi connectivity index (χ1) is 8.49. The Labute approximate surface area is 116 Å². The molecule has 0 N–H and O–H groups in total. The molecule has 0 atom stereocenters. The zero-order chi connectivity index (χ0) is 13.3. The highest BCUT2D eigenvalue weighted by atomic mass is 35.5. The maximum atomic E-state index is 13.8. The van der Waals surface area contributed by atoms with Crippen LogP contribution >= 0.6 is 22.9 Å². The largest absolute Gasteiger partial charge is 0.246 e. The number of thiazole rings is 1. The Bertz CT molecular complexity index is 563. The van der Waals surface area contributed by atoms with Crippen molar-refractivity contribution in [2.24, 2.45) is 0 Å². The molecule has 0 saturated carbocycles. The second kappa shape index (κ2) is 5.37. The third kappa shape index (κ3) is 2.73. The third-order valence-electron chi connectivity index (χ3n) is 2.79. The van der Waals surface area contributed by atoms with Crippen molar-refractivity contribution in [1.82, 2.24) is 4.98 Å². The van der Waals surface area contributed by atoms with E-state index in [-0.39, 0.29) is 10.8 Å². The Morgan fingerprint density at radius 1 is 1.39 bits per heavy atom. The van der Waals surface area contributed by atoms with E-state index in [0.29, 0.717) is 17.9 Å². The predicted molar refractivity (Wildman–Crippen MR) is 75.2 cm³/mol. The molecule has 1 aromatic carbocycles. The number of hydrogen-bond donors (Lipinski definition) is 0. The zero-order valence-corrected chi connectivity index (χ0v) is 12.2. The molecule has 0 amide bonds. The fourth-order valence-corrected chi connectivity index (χ4v) is 3.01. The van der Waals surface area contributed by atoms with E-state index in [2.05, 4.69) is 18.8 Å². The van der Waals surface area contributed by atoms with Gasteiger partial charge in [0, 0.05) is 17.2 Å². The Hall–Kier alpha value is -0.930. The van der Waals surface area contributed by atoms with E-state index in [9.17, 15) is 4.39 Å². The van der Waals surface area contributed by atoms with Crippen molar-refractivity contribution in [2.45, 2.75) is 33.1 Å². The van der Waals surface area contributed by atoms with Gasteiger partial charge in [-0.15, -0.1) is 11.3 Å². The van der Waals surface area contributed by atoms with Crippen molar-refractivity contribution in [3.8, 4) is 0 Å². The van der Waals surface area contributed by atoms with Crippen molar-refractivity contribution in [3.63, 3.8) is 0 Å². The monoisotopic (exact) mass is 283 g/mol. The third-order valence-corrected chi connectivity index (χ3v) is 4.54. The Kier molecular flexibility index (Phi) is 4.03. The Balaban J connectivity index is 2.31. The van der Waals surface area contributed by atoms with Gasteiger partial charge in [0.05, 0.1) is 15.7 Å². The summed E-state index contributed by atoms with van der Waals surface area (Å²) in [7, 11) is 0. The first-order valence-corrected chi connectivity index (χ1v) is 7.07. The van der Waals surface area contributed by atoms with Crippen LogP contribution in [-0.2, 0) is 6.42 Å². The molecule has 0 aliphatic rings. The number of hydrogen-bond acceptors (Lipinski definition) is 2. The normalized spacial score (nSPS) is 11.2. The van der Waals surface area contributed by atoms with Crippen LogP contribution in [0.4, 0.5) is 4.39 Å². The van der Waals surface area contributed by atoms with E-state index in [1.54, 1.807) is 29.5 Å². The summed E-state index contributed by atoms with van der Waals surface area (Å²) < 4.78 is 13.8. The molecule has 0 spiro atoms. The number of benzene rings is 1. The Morgan fingerprint density at radius 3 is 2.72 bits per heavy atom. The van der Waals surface area contributed by atoms with E-state index in [4.69, 9.17) is 11.6 Å². The van der Waals surface area contributed by atoms with Gasteiger partial charge in [-0.1, -0.05) is 37.6 Å². The van der Waals surface area contributed by atoms with Crippen LogP contribution in [0.1, 0.15) is 40.9 Å². The molecule has 1 nitrogen and oxygen atoms in total. The minimum atomic E-state index is -0.321. The first kappa shape index (κ1) is 13.5. The summed E-state index contributed by atoms with van der Waals surface area (Å²) in [5.41, 5.74) is 1.62. The predicted octanol–water partition coefficient (Wildman–Crippen LogP) is 4.96. The average Bonchev–Trinajstić information content (AvgIpc) is 2.67. The highest BCUT2D eigenvalue weighted by molar-refractivity contribution is 7.11. The van der Waals surface area contributed by atoms with Gasteiger partial charge in [0.25, 0.3) is 0 Å². The molecule has 0 aliphatic carbocycles. The van der Waals surface area contributed by atoms with E-state index in [1.165, 1.54) is 0 Å². The van der Waals surface area contributed by atoms with E-state index < -0.39 is 0 Å². The summed E-state index contributed by atoms with van der Waals surface area (Å²) in [5, 5.41) is 1.28. The molecule has 0 aliphatic heterocycles. The molecule has 1 aromatic heterocycles. The molecule has 96 valence electrons. The standard InChI is InChI=1S/C14H15ClFNS/c1-8(2)14-17-9(3)12(18-14)7-10-5-4-6-11(15)13(10)16/h4-6,8H,7H2,1-3H3. The molecule has 4 heteroatoms. The minimum Gasteiger partial charge on any atom is -0.246 e. The quantitative estimate of drug-likeness (QED) is 0.776. The molecule has 0 unspecified atom stereocenters. The van der Waals surface area contributed by atoms with Gasteiger partial charge in [-0.3, -0.25) is 0 Å². The second-order valence-electron chi connectivity index (χ2n) is 4.61. The van der Waals surface area contributed by atoms with Gasteiger partial charge in [-0.2, -0.15) is 0 Å². The lowest BCUT2D eigenvalue weighted by Crippen LogP contribution is -1.93. The van der Waals surface area contributed by atoms with Gasteiger partial charge >= 0.3 is 0 Å². The smallest absolute Gasteiger partial charge is 0.145 e. The molecule has 0 bridgehead atoms. The number of rotatable bonds is 3. The summed E-state index contributed by atoms with van der Waals surface area (Å²) >= 11 is 7.44. The van der Waals surface area contributed by atoms with E-state index in [0.717, 1.165) is 15.6 Å². The number of aryl methyl sites for hydroxylation is 1. The molecule has 2 aromatic rings. The van der Waals surface area contributed by atoms with Crippen molar-refractivity contribution >= 4 is 22.9 Å². The molecule has 18 heavy (non-hydrogen) atoms. The molecule has 0 saturated heterocycles. The average molecular weight is 284 g/mol. The number of nitrogens with zero attached hydrogens (tertiary/aromatic N) is 1. The molecule has 0 fully saturated rings. The molecule has 0 radical (unpaired) electrons. The van der Waals surface area contributed by atoms with Crippen LogP contribution in [0.3, 0.4) is 0 Å². The topological polar surface area (TPSA) is 12.9 Å². The van der Waals surface area contributed by atoms with Crippen LogP contribution in [0, 0.1) is 12.7 Å². The maximum Gasteiger partial charge on any atom is 0.145 e. The van der Waals surface area contributed by atoms with Gasteiger partial charge in [-0.25, -0.2) is 9.37 Å². The lowest BCUT2D eigenvalue weighted by Gasteiger charge is -2.03. The molecule has 1 heterocycles. The minimum absolute atomic E-state index is 0.179. The summed E-state index contributed by atoms with van der Waals surface area (Å²) in [6, 6.07) is 5.12. The van der Waals surface area contributed by atoms with Crippen molar-refractivity contribution in [1.29, 1.82) is 0 Å². The van der Waals surface area contributed by atoms with Crippen molar-refractivity contribution < 1.29 is 4.39 Å². The highest BCUT2D eigenvalue weighted by Crippen LogP contribution is 2.28. The van der Waals surface area contributed by atoms with Crippen LogP contribution < -0.4 is 0 Å². The van der Waals surface area contributed by atoms with Gasteiger partial charge in [0.15, 0.2) is 0 Å². The zero-order valence-electron chi connectivity index (χ0n) is 10.6. The van der Waals surface area contributed by atoms with Gasteiger partial charge in [0.2, 0.25) is 0 Å². The van der Waals surface area contributed by atoms with Crippen LogP contribution in [0.15, 0.2) is 18.2 Å². The molecular weight excluding hydrogens is 269 g/mol. The fraction of sp³-hybridized carbons (Fsp3) is 0.357. The van der Waals surface area contributed by atoms with E-state index >= 15 is 0 Å². The lowest BCUT2D eigenvalue weighted by molar-refractivity contribution is 0.614. The van der Waals surface area contributed by atoms with Crippen LogP contribution in [0.5, 0.6) is 0 Å². The van der Waals surface area contributed by atoms with Gasteiger partial charge < -0.3 is 0 Å². The van der Waals surface area contributed by atoms with Gasteiger partial charge in [-0.05, 0) is 18.6 Å².